The van der Waals surface area contributed by atoms with Crippen LogP contribution in [0.15, 0.2) is 17.5 Å². The Bertz CT molecular complexity index is 492. The lowest BCUT2D eigenvalue weighted by Crippen LogP contribution is -1.85. The number of benzene rings is 1. The lowest BCUT2D eigenvalue weighted by Gasteiger charge is -2.00. The summed E-state index contributed by atoms with van der Waals surface area (Å²) in [5, 5.41) is 3.05. The molecule has 0 fully saturated rings. The predicted molar refractivity (Wildman–Crippen MR) is 59.8 cm³/mol. The van der Waals surface area contributed by atoms with Gasteiger partial charge in [0.15, 0.2) is 6.29 Å². The molecule has 0 unspecified atom stereocenters. The predicted octanol–water partition coefficient (Wildman–Crippen LogP) is 3.75. The molecule has 1 aromatic heterocycles. The minimum Gasteiger partial charge on any atom is -0.298 e. The average Bonchev–Trinajstić information content (AvgIpc) is 2.63. The van der Waals surface area contributed by atoms with Crippen LogP contribution in [0.4, 0.5) is 4.39 Å². The van der Waals surface area contributed by atoms with E-state index >= 15 is 0 Å². The Morgan fingerprint density at radius 1 is 1.50 bits per heavy atom. The number of halogens is 2. The van der Waals surface area contributed by atoms with E-state index in [2.05, 4.69) is 15.9 Å². The van der Waals surface area contributed by atoms with Crippen molar-refractivity contribution in [2.75, 3.05) is 0 Å². The maximum Gasteiger partial charge on any atom is 0.151 e. The molecule has 0 aliphatic rings. The van der Waals surface area contributed by atoms with E-state index < -0.39 is 0 Å². The molecule has 0 saturated carbocycles. The third-order valence-corrected chi connectivity index (χ3v) is 3.67. The highest BCUT2D eigenvalue weighted by molar-refractivity contribution is 9.08. The fourth-order valence-corrected chi connectivity index (χ4v) is 2.84. The Kier molecular flexibility index (Phi) is 2.65. The van der Waals surface area contributed by atoms with Gasteiger partial charge in [-0.25, -0.2) is 4.39 Å². The molecule has 0 saturated heterocycles. The molecule has 0 aliphatic carbocycles. The third-order valence-electron chi connectivity index (χ3n) is 2.06. The molecule has 4 heteroatoms. The molecular formula is C10H6BrFOS. The monoisotopic (exact) mass is 272 g/mol. The van der Waals surface area contributed by atoms with Gasteiger partial charge in [0, 0.05) is 21.7 Å². The summed E-state index contributed by atoms with van der Waals surface area (Å²) in [5.74, 6) is -0.261. The molecular weight excluding hydrogens is 267 g/mol. The van der Waals surface area contributed by atoms with Gasteiger partial charge in [-0.3, -0.25) is 4.79 Å². The normalized spacial score (nSPS) is 10.7. The summed E-state index contributed by atoms with van der Waals surface area (Å²) >= 11 is 4.59. The van der Waals surface area contributed by atoms with Crippen LogP contribution in [0.2, 0.25) is 0 Å². The Hall–Kier alpha value is -0.740. The SMILES string of the molecule is O=Cc1csc2c(F)ccc(CBr)c12. The smallest absolute Gasteiger partial charge is 0.151 e. The van der Waals surface area contributed by atoms with E-state index in [0.717, 1.165) is 17.2 Å². The number of fused-ring (bicyclic) bond motifs is 1. The van der Waals surface area contributed by atoms with Crippen LogP contribution in [0.25, 0.3) is 10.1 Å². The van der Waals surface area contributed by atoms with Crippen molar-refractivity contribution >= 4 is 43.6 Å². The summed E-state index contributed by atoms with van der Waals surface area (Å²) in [6.45, 7) is 0. The van der Waals surface area contributed by atoms with Gasteiger partial charge in [-0.05, 0) is 11.6 Å². The van der Waals surface area contributed by atoms with E-state index in [1.165, 1.54) is 17.4 Å². The fourth-order valence-electron chi connectivity index (χ4n) is 1.41. The first-order chi connectivity index (χ1) is 6.77. The van der Waals surface area contributed by atoms with Crippen molar-refractivity contribution in [1.29, 1.82) is 0 Å². The van der Waals surface area contributed by atoms with Gasteiger partial charge in [0.2, 0.25) is 0 Å². The van der Waals surface area contributed by atoms with Crippen LogP contribution in [0.5, 0.6) is 0 Å². The number of rotatable bonds is 2. The molecule has 1 heterocycles. The van der Waals surface area contributed by atoms with Crippen LogP contribution >= 0.6 is 27.3 Å². The molecule has 2 aromatic rings. The van der Waals surface area contributed by atoms with Crippen molar-refractivity contribution in [3.05, 3.63) is 34.5 Å². The molecule has 2 rings (SSSR count). The summed E-state index contributed by atoms with van der Waals surface area (Å²) in [7, 11) is 0. The molecule has 0 N–H and O–H groups in total. The van der Waals surface area contributed by atoms with Crippen molar-refractivity contribution in [1.82, 2.24) is 0 Å². The highest BCUT2D eigenvalue weighted by Gasteiger charge is 2.11. The number of carbonyl (C=O) groups is 1. The lowest BCUT2D eigenvalue weighted by atomic mass is 10.1. The molecule has 0 amide bonds. The molecule has 1 aromatic carbocycles. The molecule has 1 nitrogen and oxygen atoms in total. The minimum absolute atomic E-state index is 0.261. The van der Waals surface area contributed by atoms with Gasteiger partial charge in [-0.1, -0.05) is 22.0 Å². The molecule has 0 radical (unpaired) electrons. The second-order valence-corrected chi connectivity index (χ2v) is 4.29. The second kappa shape index (κ2) is 3.79. The van der Waals surface area contributed by atoms with Gasteiger partial charge >= 0.3 is 0 Å². The van der Waals surface area contributed by atoms with Crippen LogP contribution in [0.3, 0.4) is 0 Å². The summed E-state index contributed by atoms with van der Waals surface area (Å²) in [4.78, 5) is 10.7. The number of alkyl halides is 1. The van der Waals surface area contributed by atoms with E-state index in [1.54, 1.807) is 11.4 Å². The Morgan fingerprint density at radius 3 is 2.93 bits per heavy atom. The zero-order valence-corrected chi connectivity index (χ0v) is 9.49. The van der Waals surface area contributed by atoms with Gasteiger partial charge < -0.3 is 0 Å². The van der Waals surface area contributed by atoms with Gasteiger partial charge in [0.25, 0.3) is 0 Å². The summed E-state index contributed by atoms with van der Waals surface area (Å²) in [6.07, 6.45) is 0.768. The Morgan fingerprint density at radius 2 is 2.29 bits per heavy atom. The maximum atomic E-state index is 13.3. The Labute approximate surface area is 92.7 Å². The quantitative estimate of drug-likeness (QED) is 0.601. The first-order valence-electron chi connectivity index (χ1n) is 3.97. The van der Waals surface area contributed by atoms with Crippen LogP contribution < -0.4 is 0 Å². The van der Waals surface area contributed by atoms with E-state index in [0.29, 0.717) is 15.6 Å². The highest BCUT2D eigenvalue weighted by Crippen LogP contribution is 2.31. The number of aldehydes is 1. The molecule has 72 valence electrons. The summed E-state index contributed by atoms with van der Waals surface area (Å²) in [5.41, 5.74) is 1.52. The Balaban J connectivity index is 2.88. The number of hydrogen-bond donors (Lipinski definition) is 0. The second-order valence-electron chi connectivity index (χ2n) is 2.85. The topological polar surface area (TPSA) is 17.1 Å². The lowest BCUT2D eigenvalue weighted by molar-refractivity contribution is 0.112. The summed E-state index contributed by atoms with van der Waals surface area (Å²) in [6, 6.07) is 3.14. The van der Waals surface area contributed by atoms with Crippen LogP contribution in [0, 0.1) is 5.82 Å². The van der Waals surface area contributed by atoms with Crippen molar-refractivity contribution < 1.29 is 9.18 Å². The number of hydrogen-bond acceptors (Lipinski definition) is 2. The van der Waals surface area contributed by atoms with E-state index in [9.17, 15) is 9.18 Å². The van der Waals surface area contributed by atoms with Crippen LogP contribution in [-0.2, 0) is 5.33 Å². The fraction of sp³-hybridized carbons (Fsp3) is 0.100. The maximum absolute atomic E-state index is 13.3. The van der Waals surface area contributed by atoms with Gasteiger partial charge in [-0.2, -0.15) is 0 Å². The molecule has 0 aliphatic heterocycles. The van der Waals surface area contributed by atoms with Crippen molar-refractivity contribution in [2.24, 2.45) is 0 Å². The molecule has 0 bridgehead atoms. The van der Waals surface area contributed by atoms with Crippen LogP contribution in [0.1, 0.15) is 15.9 Å². The van der Waals surface area contributed by atoms with Gasteiger partial charge in [-0.15, -0.1) is 11.3 Å². The van der Waals surface area contributed by atoms with Crippen molar-refractivity contribution in [2.45, 2.75) is 5.33 Å². The van der Waals surface area contributed by atoms with Crippen LogP contribution in [-0.4, -0.2) is 6.29 Å². The largest absolute Gasteiger partial charge is 0.298 e. The van der Waals surface area contributed by atoms with Gasteiger partial charge in [0.05, 0.1) is 4.70 Å². The molecule has 0 spiro atoms. The van der Waals surface area contributed by atoms with E-state index in [4.69, 9.17) is 0 Å². The first kappa shape index (κ1) is 9.80. The van der Waals surface area contributed by atoms with Gasteiger partial charge in [0.1, 0.15) is 5.82 Å². The number of carbonyl (C=O) groups excluding carboxylic acids is 1. The number of thiophene rings is 1. The first-order valence-corrected chi connectivity index (χ1v) is 5.97. The van der Waals surface area contributed by atoms with E-state index in [-0.39, 0.29) is 5.82 Å². The molecule has 0 atom stereocenters. The molecule has 14 heavy (non-hydrogen) atoms. The van der Waals surface area contributed by atoms with Crippen molar-refractivity contribution in [3.63, 3.8) is 0 Å². The minimum atomic E-state index is -0.261. The average molecular weight is 273 g/mol. The highest BCUT2D eigenvalue weighted by atomic mass is 79.9. The zero-order chi connectivity index (χ0) is 10.1. The zero-order valence-electron chi connectivity index (χ0n) is 7.09. The standard InChI is InChI=1S/C10H6BrFOS/c11-3-6-1-2-8(12)10-9(6)7(4-13)5-14-10/h1-2,4-5H,3H2. The van der Waals surface area contributed by atoms with E-state index in [1.807, 2.05) is 0 Å². The summed E-state index contributed by atoms with van der Waals surface area (Å²) < 4.78 is 13.9. The third kappa shape index (κ3) is 1.38. The van der Waals surface area contributed by atoms with Crippen molar-refractivity contribution in [3.8, 4) is 0 Å².